The fourth-order valence-electron chi connectivity index (χ4n) is 1.76. The minimum Gasteiger partial charge on any atom is -0.497 e. The Kier molecular flexibility index (Phi) is 5.53. The van der Waals surface area contributed by atoms with Crippen molar-refractivity contribution in [1.82, 2.24) is 15.5 Å². The highest BCUT2D eigenvalue weighted by Crippen LogP contribution is 2.23. The lowest BCUT2D eigenvalue weighted by molar-refractivity contribution is 0.198. The van der Waals surface area contributed by atoms with Crippen molar-refractivity contribution in [1.29, 1.82) is 0 Å². The number of benzene rings is 1. The molecule has 2 N–H and O–H groups in total. The molecule has 0 bridgehead atoms. The van der Waals surface area contributed by atoms with E-state index in [-0.39, 0.29) is 0 Å². The molecule has 1 heterocycles. The van der Waals surface area contributed by atoms with Crippen LogP contribution in [0.25, 0.3) is 0 Å². The van der Waals surface area contributed by atoms with Crippen molar-refractivity contribution in [2.75, 3.05) is 32.7 Å². The molecule has 1 aromatic carbocycles. The Balaban J connectivity index is 1.93. The fraction of sp³-hybridized carbons (Fsp3) is 0.429. The first-order chi connectivity index (χ1) is 10.2. The Bertz CT molecular complexity index is 571. The largest absolute Gasteiger partial charge is 0.497 e. The average molecular weight is 292 g/mol. The van der Waals surface area contributed by atoms with Gasteiger partial charge in [0.25, 0.3) is 0 Å². The van der Waals surface area contributed by atoms with E-state index >= 15 is 0 Å². The predicted molar refractivity (Wildman–Crippen MR) is 78.9 cm³/mol. The number of hydrogen-bond acceptors (Lipinski definition) is 7. The number of methoxy groups -OCH3 is 2. The second-order valence-electron chi connectivity index (χ2n) is 4.48. The van der Waals surface area contributed by atoms with Crippen molar-refractivity contribution < 1.29 is 13.9 Å². The second-order valence-corrected chi connectivity index (χ2v) is 4.48. The van der Waals surface area contributed by atoms with Crippen LogP contribution in [0, 0.1) is 6.92 Å². The number of aryl methyl sites for hydroxylation is 1. The summed E-state index contributed by atoms with van der Waals surface area (Å²) in [4.78, 5) is 0. The summed E-state index contributed by atoms with van der Waals surface area (Å²) in [7, 11) is 3.30. The van der Waals surface area contributed by atoms with Crippen LogP contribution in [-0.4, -0.2) is 37.6 Å². The summed E-state index contributed by atoms with van der Waals surface area (Å²) >= 11 is 0. The van der Waals surface area contributed by atoms with Gasteiger partial charge in [0.2, 0.25) is 5.89 Å². The highest BCUT2D eigenvalue weighted by atomic mass is 16.5. The fourth-order valence-corrected chi connectivity index (χ4v) is 1.76. The molecule has 0 aliphatic heterocycles. The van der Waals surface area contributed by atoms with Gasteiger partial charge in [-0.15, -0.1) is 5.10 Å². The second kappa shape index (κ2) is 7.61. The minimum atomic E-state index is 0.367. The van der Waals surface area contributed by atoms with Crippen LogP contribution >= 0.6 is 0 Å². The van der Waals surface area contributed by atoms with Gasteiger partial charge < -0.3 is 24.5 Å². The van der Waals surface area contributed by atoms with Crippen molar-refractivity contribution in [3.8, 4) is 5.75 Å². The van der Waals surface area contributed by atoms with Crippen LogP contribution in [0.2, 0.25) is 0 Å². The zero-order chi connectivity index (χ0) is 15.1. The van der Waals surface area contributed by atoms with Gasteiger partial charge in [0.05, 0.1) is 20.3 Å². The number of hydrogen-bond donors (Lipinski definition) is 2. The first-order valence-electron chi connectivity index (χ1n) is 6.66. The minimum absolute atomic E-state index is 0.367. The van der Waals surface area contributed by atoms with Crippen LogP contribution < -0.4 is 15.4 Å². The Morgan fingerprint density at radius 3 is 2.81 bits per heavy atom. The topological polar surface area (TPSA) is 81.4 Å². The standard InChI is InChI=1S/C14H20N4O3/c1-10-8-11(20-3)4-5-12(10)16-14-18-17-13(21-14)9-15-6-7-19-2/h4-5,8,15H,6-7,9H2,1-3H3,(H,16,18). The van der Waals surface area contributed by atoms with E-state index in [0.29, 0.717) is 25.1 Å². The van der Waals surface area contributed by atoms with E-state index in [1.54, 1.807) is 14.2 Å². The molecule has 0 fully saturated rings. The van der Waals surface area contributed by atoms with Gasteiger partial charge in [0.15, 0.2) is 0 Å². The zero-order valence-corrected chi connectivity index (χ0v) is 12.5. The highest BCUT2D eigenvalue weighted by molar-refractivity contribution is 5.58. The number of nitrogens with one attached hydrogen (secondary N) is 2. The summed E-state index contributed by atoms with van der Waals surface area (Å²) < 4.78 is 15.6. The summed E-state index contributed by atoms with van der Waals surface area (Å²) in [5.74, 6) is 1.34. The summed E-state index contributed by atoms with van der Waals surface area (Å²) in [6.45, 7) is 3.87. The average Bonchev–Trinajstić information content (AvgIpc) is 2.93. The molecule has 0 amide bonds. The van der Waals surface area contributed by atoms with Gasteiger partial charge >= 0.3 is 6.01 Å². The van der Waals surface area contributed by atoms with Crippen molar-refractivity contribution in [3.63, 3.8) is 0 Å². The van der Waals surface area contributed by atoms with Gasteiger partial charge in [-0.25, -0.2) is 0 Å². The number of ether oxygens (including phenoxy) is 2. The molecule has 0 atom stereocenters. The van der Waals surface area contributed by atoms with Crippen LogP contribution in [0.5, 0.6) is 5.75 Å². The van der Waals surface area contributed by atoms with Crippen molar-refractivity contribution in [3.05, 3.63) is 29.7 Å². The number of anilines is 2. The third kappa shape index (κ3) is 4.44. The van der Waals surface area contributed by atoms with Crippen LogP contribution in [0.3, 0.4) is 0 Å². The lowest BCUT2D eigenvalue weighted by Gasteiger charge is -2.07. The van der Waals surface area contributed by atoms with Gasteiger partial charge in [0.1, 0.15) is 5.75 Å². The van der Waals surface area contributed by atoms with E-state index in [1.165, 1.54) is 0 Å². The molecule has 0 aliphatic rings. The summed E-state index contributed by atoms with van der Waals surface area (Å²) in [5.41, 5.74) is 1.94. The third-order valence-corrected chi connectivity index (χ3v) is 2.90. The van der Waals surface area contributed by atoms with Gasteiger partial charge in [-0.1, -0.05) is 5.10 Å². The maximum absolute atomic E-state index is 5.51. The normalized spacial score (nSPS) is 10.6. The molecular formula is C14H20N4O3. The molecular weight excluding hydrogens is 272 g/mol. The van der Waals surface area contributed by atoms with Crippen molar-refractivity contribution in [2.45, 2.75) is 13.5 Å². The van der Waals surface area contributed by atoms with Gasteiger partial charge in [-0.2, -0.15) is 0 Å². The monoisotopic (exact) mass is 292 g/mol. The predicted octanol–water partition coefficient (Wildman–Crippen LogP) is 1.87. The lowest BCUT2D eigenvalue weighted by Crippen LogP contribution is -2.18. The molecule has 2 rings (SSSR count). The summed E-state index contributed by atoms with van der Waals surface area (Å²) in [6.07, 6.45) is 0. The lowest BCUT2D eigenvalue weighted by atomic mass is 10.2. The van der Waals surface area contributed by atoms with Crippen LogP contribution in [0.1, 0.15) is 11.5 Å². The van der Waals surface area contributed by atoms with Crippen LogP contribution in [0.15, 0.2) is 22.6 Å². The van der Waals surface area contributed by atoms with E-state index in [4.69, 9.17) is 13.9 Å². The van der Waals surface area contributed by atoms with E-state index in [0.717, 1.165) is 23.5 Å². The van der Waals surface area contributed by atoms with E-state index in [9.17, 15) is 0 Å². The maximum Gasteiger partial charge on any atom is 0.320 e. The summed E-state index contributed by atoms with van der Waals surface area (Å²) in [6, 6.07) is 6.09. The van der Waals surface area contributed by atoms with Gasteiger partial charge in [-0.05, 0) is 30.7 Å². The molecule has 1 aromatic heterocycles. The Morgan fingerprint density at radius 2 is 2.10 bits per heavy atom. The highest BCUT2D eigenvalue weighted by Gasteiger charge is 2.07. The van der Waals surface area contributed by atoms with Crippen LogP contribution in [-0.2, 0) is 11.3 Å². The molecule has 114 valence electrons. The molecule has 7 nitrogen and oxygen atoms in total. The molecule has 0 radical (unpaired) electrons. The molecule has 0 saturated heterocycles. The molecule has 0 unspecified atom stereocenters. The van der Waals surface area contributed by atoms with Crippen molar-refractivity contribution in [2.24, 2.45) is 0 Å². The SMILES string of the molecule is COCCNCc1nnc(Nc2ccc(OC)cc2C)o1. The first kappa shape index (κ1) is 15.3. The van der Waals surface area contributed by atoms with E-state index in [1.807, 2.05) is 25.1 Å². The van der Waals surface area contributed by atoms with E-state index < -0.39 is 0 Å². The summed E-state index contributed by atoms with van der Waals surface area (Å²) in [5, 5.41) is 14.2. The van der Waals surface area contributed by atoms with Crippen LogP contribution in [0.4, 0.5) is 11.7 Å². The zero-order valence-electron chi connectivity index (χ0n) is 12.5. The smallest absolute Gasteiger partial charge is 0.320 e. The Hall–Kier alpha value is -2.12. The first-order valence-corrected chi connectivity index (χ1v) is 6.66. The quantitative estimate of drug-likeness (QED) is 0.719. The molecule has 0 spiro atoms. The number of aromatic nitrogens is 2. The Labute approximate surface area is 123 Å². The number of rotatable bonds is 8. The maximum atomic E-state index is 5.51. The Morgan fingerprint density at radius 1 is 1.24 bits per heavy atom. The van der Waals surface area contributed by atoms with Gasteiger partial charge in [-0.3, -0.25) is 0 Å². The van der Waals surface area contributed by atoms with Gasteiger partial charge in [0, 0.05) is 19.3 Å². The molecule has 2 aromatic rings. The molecule has 0 saturated carbocycles. The van der Waals surface area contributed by atoms with E-state index in [2.05, 4.69) is 20.8 Å². The third-order valence-electron chi connectivity index (χ3n) is 2.90. The van der Waals surface area contributed by atoms with Crippen molar-refractivity contribution >= 4 is 11.7 Å². The molecule has 7 heteroatoms. The molecule has 0 aliphatic carbocycles. The molecule has 21 heavy (non-hydrogen) atoms. The number of nitrogens with zero attached hydrogens (tertiary/aromatic N) is 2.